The molecule has 0 aliphatic carbocycles. The van der Waals surface area contributed by atoms with E-state index in [2.05, 4.69) is 24.9 Å². The lowest BCUT2D eigenvalue weighted by Gasteiger charge is -2.42. The Morgan fingerprint density at radius 1 is 1.28 bits per heavy atom. The predicted octanol–water partition coefficient (Wildman–Crippen LogP) is 3.03. The molecule has 2 aliphatic rings. The van der Waals surface area contributed by atoms with Crippen molar-refractivity contribution in [1.29, 1.82) is 0 Å². The van der Waals surface area contributed by atoms with Gasteiger partial charge < -0.3 is 24.4 Å². The Hall–Kier alpha value is -2.07. The van der Waals surface area contributed by atoms with Gasteiger partial charge in [-0.1, -0.05) is 0 Å². The molecule has 2 saturated heterocycles. The van der Waals surface area contributed by atoms with Gasteiger partial charge in [-0.15, -0.1) is 11.8 Å². The first kappa shape index (κ1) is 24.6. The molecule has 0 aromatic carbocycles. The Morgan fingerprint density at radius 2 is 2.00 bits per heavy atom. The van der Waals surface area contributed by atoms with Crippen LogP contribution in [0.2, 0.25) is 0 Å². The van der Waals surface area contributed by atoms with Crippen LogP contribution in [0.4, 0.5) is 10.6 Å². The zero-order valence-corrected chi connectivity index (χ0v) is 20.4. The first-order valence-corrected chi connectivity index (χ1v) is 12.0. The Labute approximate surface area is 194 Å². The van der Waals surface area contributed by atoms with Crippen LogP contribution >= 0.6 is 11.8 Å². The molecule has 9 nitrogen and oxygen atoms in total. The standard InChI is InChI=1S/C22H34N4O5S/c1-15-19(25-20(28)31-21(2,3)4)22(14-30-15)7-9-26(10-8-22)16-12-24-17(13-23-16)32-11-6-18(27)29-5/h12-13,15,19H,6-11,14H2,1-5H3,(H,25,28)/t15-,19+/m0/s1. The van der Waals surface area contributed by atoms with Gasteiger partial charge in [0.2, 0.25) is 0 Å². The number of carbonyl (C=O) groups is 2. The molecule has 10 heteroatoms. The number of methoxy groups -OCH3 is 1. The van der Waals surface area contributed by atoms with E-state index in [1.54, 1.807) is 12.4 Å². The van der Waals surface area contributed by atoms with Crippen molar-refractivity contribution in [3.05, 3.63) is 12.4 Å². The first-order valence-electron chi connectivity index (χ1n) is 11.0. The zero-order chi connectivity index (χ0) is 23.4. The van der Waals surface area contributed by atoms with Gasteiger partial charge in [-0.25, -0.2) is 14.8 Å². The number of rotatable bonds is 6. The summed E-state index contributed by atoms with van der Waals surface area (Å²) in [5.41, 5.74) is -0.643. The fourth-order valence-electron chi connectivity index (χ4n) is 4.21. The van der Waals surface area contributed by atoms with Gasteiger partial charge in [0.1, 0.15) is 16.4 Å². The molecule has 0 bridgehead atoms. The van der Waals surface area contributed by atoms with Crippen molar-refractivity contribution in [1.82, 2.24) is 15.3 Å². The third-order valence-electron chi connectivity index (χ3n) is 5.92. The second kappa shape index (κ2) is 10.2. The van der Waals surface area contributed by atoms with Gasteiger partial charge in [0.05, 0.1) is 44.7 Å². The van der Waals surface area contributed by atoms with Crippen LogP contribution < -0.4 is 10.2 Å². The Balaban J connectivity index is 1.55. The molecule has 2 fully saturated rings. The number of aromatic nitrogens is 2. The number of thioether (sulfide) groups is 1. The summed E-state index contributed by atoms with van der Waals surface area (Å²) in [5.74, 6) is 1.21. The molecule has 1 N–H and O–H groups in total. The number of ether oxygens (including phenoxy) is 3. The molecule has 32 heavy (non-hydrogen) atoms. The molecule has 1 amide bonds. The molecule has 3 heterocycles. The summed E-state index contributed by atoms with van der Waals surface area (Å²) < 4.78 is 16.1. The van der Waals surface area contributed by atoms with Crippen molar-refractivity contribution in [3.8, 4) is 0 Å². The number of nitrogens with one attached hydrogen (secondary N) is 1. The molecule has 1 spiro atoms. The fourth-order valence-corrected chi connectivity index (χ4v) is 4.94. The highest BCUT2D eigenvalue weighted by atomic mass is 32.2. The summed E-state index contributed by atoms with van der Waals surface area (Å²) in [5, 5.41) is 3.85. The molecule has 3 rings (SSSR count). The summed E-state index contributed by atoms with van der Waals surface area (Å²) in [6, 6.07) is -0.0841. The third-order valence-corrected chi connectivity index (χ3v) is 6.83. The molecule has 1 aromatic rings. The van der Waals surface area contributed by atoms with Crippen molar-refractivity contribution in [2.45, 2.75) is 69.7 Å². The highest BCUT2D eigenvalue weighted by Crippen LogP contribution is 2.43. The molecule has 2 atom stereocenters. The molecule has 0 radical (unpaired) electrons. The number of nitrogens with zero attached hydrogens (tertiary/aromatic N) is 3. The number of carbonyl (C=O) groups excluding carboxylic acids is 2. The van der Waals surface area contributed by atoms with Gasteiger partial charge in [0.15, 0.2) is 0 Å². The van der Waals surface area contributed by atoms with Crippen molar-refractivity contribution < 1.29 is 23.8 Å². The van der Waals surface area contributed by atoms with Crippen LogP contribution in [0.3, 0.4) is 0 Å². The molecule has 0 unspecified atom stereocenters. The summed E-state index contributed by atoms with van der Waals surface area (Å²) in [6.07, 6.45) is 5.18. The number of hydrogen-bond donors (Lipinski definition) is 1. The maximum absolute atomic E-state index is 12.4. The number of hydrogen-bond acceptors (Lipinski definition) is 9. The van der Waals surface area contributed by atoms with E-state index < -0.39 is 11.7 Å². The fraction of sp³-hybridized carbons (Fsp3) is 0.727. The van der Waals surface area contributed by atoms with E-state index in [0.717, 1.165) is 36.8 Å². The molecule has 1 aromatic heterocycles. The highest BCUT2D eigenvalue weighted by Gasteiger charge is 2.50. The second-order valence-corrected chi connectivity index (χ2v) is 10.5. The summed E-state index contributed by atoms with van der Waals surface area (Å²) >= 11 is 1.48. The number of amides is 1. The van der Waals surface area contributed by atoms with Crippen LogP contribution in [0.15, 0.2) is 17.4 Å². The Kier molecular flexibility index (Phi) is 7.87. The van der Waals surface area contributed by atoms with Crippen LogP contribution in [0, 0.1) is 5.41 Å². The lowest BCUT2D eigenvalue weighted by molar-refractivity contribution is -0.140. The van der Waals surface area contributed by atoms with Crippen LogP contribution in [0.25, 0.3) is 0 Å². The van der Waals surface area contributed by atoms with E-state index in [-0.39, 0.29) is 23.5 Å². The topological polar surface area (TPSA) is 103 Å². The molecular weight excluding hydrogens is 432 g/mol. The summed E-state index contributed by atoms with van der Waals surface area (Å²) in [7, 11) is 1.39. The van der Waals surface area contributed by atoms with E-state index >= 15 is 0 Å². The molecule has 0 saturated carbocycles. The largest absolute Gasteiger partial charge is 0.469 e. The highest BCUT2D eigenvalue weighted by molar-refractivity contribution is 7.99. The molecule has 178 valence electrons. The van der Waals surface area contributed by atoms with Crippen LogP contribution in [0.5, 0.6) is 0 Å². The van der Waals surface area contributed by atoms with Crippen molar-refractivity contribution in [2.24, 2.45) is 5.41 Å². The minimum Gasteiger partial charge on any atom is -0.469 e. The summed E-state index contributed by atoms with van der Waals surface area (Å²) in [6.45, 7) is 9.84. The zero-order valence-electron chi connectivity index (χ0n) is 19.6. The van der Waals surface area contributed by atoms with E-state index in [4.69, 9.17) is 9.47 Å². The number of piperidine rings is 1. The van der Waals surface area contributed by atoms with Crippen LogP contribution in [0.1, 0.15) is 47.0 Å². The smallest absolute Gasteiger partial charge is 0.407 e. The minimum atomic E-state index is -0.536. The number of esters is 1. The lowest BCUT2D eigenvalue weighted by Crippen LogP contribution is -2.55. The van der Waals surface area contributed by atoms with E-state index in [9.17, 15) is 9.59 Å². The van der Waals surface area contributed by atoms with E-state index in [0.29, 0.717) is 18.8 Å². The van der Waals surface area contributed by atoms with Gasteiger partial charge in [0, 0.05) is 24.3 Å². The minimum absolute atomic E-state index is 0.0600. The first-order chi connectivity index (χ1) is 15.1. The Morgan fingerprint density at radius 3 is 2.59 bits per heavy atom. The van der Waals surface area contributed by atoms with Gasteiger partial charge in [-0.2, -0.15) is 0 Å². The number of anilines is 1. The lowest BCUT2D eigenvalue weighted by atomic mass is 9.73. The molecular formula is C22H34N4O5S. The Bertz CT molecular complexity index is 791. The van der Waals surface area contributed by atoms with Gasteiger partial charge >= 0.3 is 12.1 Å². The summed E-state index contributed by atoms with van der Waals surface area (Å²) in [4.78, 5) is 34.9. The average molecular weight is 467 g/mol. The monoisotopic (exact) mass is 466 g/mol. The average Bonchev–Trinajstić information content (AvgIpc) is 3.03. The maximum Gasteiger partial charge on any atom is 0.407 e. The molecule has 2 aliphatic heterocycles. The SMILES string of the molecule is COC(=O)CCSc1cnc(N2CCC3(CC2)CO[C@@H](C)[C@H]3NC(=O)OC(C)(C)C)cn1. The maximum atomic E-state index is 12.4. The normalized spacial score (nSPS) is 22.6. The van der Waals surface area contributed by atoms with E-state index in [1.807, 2.05) is 27.7 Å². The van der Waals surface area contributed by atoms with Gasteiger partial charge in [-0.3, -0.25) is 4.79 Å². The van der Waals surface area contributed by atoms with Gasteiger partial charge in [-0.05, 0) is 40.5 Å². The van der Waals surface area contributed by atoms with Crippen LogP contribution in [-0.2, 0) is 19.0 Å². The quantitative estimate of drug-likeness (QED) is 0.500. The van der Waals surface area contributed by atoms with Crippen molar-refractivity contribution in [3.63, 3.8) is 0 Å². The van der Waals surface area contributed by atoms with Crippen molar-refractivity contribution >= 4 is 29.6 Å². The second-order valence-electron chi connectivity index (χ2n) is 9.38. The van der Waals surface area contributed by atoms with Crippen molar-refractivity contribution in [2.75, 3.05) is 37.5 Å². The van der Waals surface area contributed by atoms with Gasteiger partial charge in [0.25, 0.3) is 0 Å². The van der Waals surface area contributed by atoms with E-state index in [1.165, 1.54) is 18.9 Å². The number of alkyl carbamates (subject to hydrolysis) is 1. The third kappa shape index (κ3) is 6.25. The predicted molar refractivity (Wildman–Crippen MR) is 122 cm³/mol. The van der Waals surface area contributed by atoms with Crippen LogP contribution in [-0.4, -0.2) is 72.3 Å².